The Morgan fingerprint density at radius 3 is 2.30 bits per heavy atom. The molecule has 2 atom stereocenters. The van der Waals surface area contributed by atoms with Crippen molar-refractivity contribution in [2.45, 2.75) is 32.8 Å². The summed E-state index contributed by atoms with van der Waals surface area (Å²) in [4.78, 5) is 14.2. The third kappa shape index (κ3) is 6.04. The predicted molar refractivity (Wildman–Crippen MR) is 158 cm³/mol. The Balaban J connectivity index is 1.52. The zero-order valence-electron chi connectivity index (χ0n) is 22.8. The maximum atomic E-state index is 14.2. The molecule has 0 radical (unpaired) electrons. The zero-order valence-corrected chi connectivity index (χ0v) is 22.8. The number of hydrazone groups is 1. The summed E-state index contributed by atoms with van der Waals surface area (Å²) in [7, 11) is 0. The molecule has 1 aliphatic rings. The molecule has 0 fully saturated rings. The highest BCUT2D eigenvalue weighted by molar-refractivity contribution is 6.02. The second-order valence-electron chi connectivity index (χ2n) is 10.3. The van der Waals surface area contributed by atoms with Gasteiger partial charge in [0.05, 0.1) is 5.41 Å². The average molecular weight is 533 g/mol. The summed E-state index contributed by atoms with van der Waals surface area (Å²) in [5.41, 5.74) is 3.61. The van der Waals surface area contributed by atoms with Crippen LogP contribution in [0.25, 0.3) is 6.08 Å². The van der Waals surface area contributed by atoms with Gasteiger partial charge in [-0.1, -0.05) is 103 Å². The quantitative estimate of drug-likeness (QED) is 0.222. The van der Waals surface area contributed by atoms with Gasteiger partial charge in [-0.25, -0.2) is 9.40 Å². The van der Waals surface area contributed by atoms with E-state index in [0.29, 0.717) is 30.9 Å². The number of ether oxygens (including phenoxy) is 1. The molecule has 0 bridgehead atoms. The van der Waals surface area contributed by atoms with Crippen LogP contribution in [0.4, 0.5) is 4.39 Å². The van der Waals surface area contributed by atoms with Crippen LogP contribution in [-0.4, -0.2) is 23.2 Å². The number of para-hydroxylation sites is 1. The molecule has 0 saturated heterocycles. The Morgan fingerprint density at radius 2 is 1.57 bits per heavy atom. The van der Waals surface area contributed by atoms with Gasteiger partial charge >= 0.3 is 0 Å². The van der Waals surface area contributed by atoms with Gasteiger partial charge in [-0.3, -0.25) is 4.79 Å². The lowest BCUT2D eigenvalue weighted by Gasteiger charge is -2.41. The third-order valence-electron chi connectivity index (χ3n) is 7.38. The van der Waals surface area contributed by atoms with Crippen LogP contribution in [-0.2, 0) is 17.8 Å². The van der Waals surface area contributed by atoms with Crippen LogP contribution in [0.2, 0.25) is 0 Å². The first-order valence-corrected chi connectivity index (χ1v) is 13.6. The lowest BCUT2D eigenvalue weighted by molar-refractivity contribution is -0.140. The molecule has 1 amide bonds. The fourth-order valence-electron chi connectivity index (χ4n) is 5.34. The molecule has 4 aromatic rings. The number of rotatable bonds is 9. The number of carbonyl (C=O) groups is 1. The molecule has 0 aromatic heterocycles. The Hall–Kier alpha value is -4.51. The number of hydrogen-bond acceptors (Lipinski definition) is 3. The molecule has 202 valence electrons. The van der Waals surface area contributed by atoms with Crippen molar-refractivity contribution in [3.8, 4) is 5.75 Å². The summed E-state index contributed by atoms with van der Waals surface area (Å²) in [6, 6.07) is 34.3. The molecule has 40 heavy (non-hydrogen) atoms. The van der Waals surface area contributed by atoms with Gasteiger partial charge in [0.1, 0.15) is 18.2 Å². The number of amides is 1. The SMILES string of the molecule is CC1=NN(CCc2ccccc2)C(=O)[C@@](C)(/C=C/c2cccc(F)c2)C1c1ccccc1OCc1ccccc1. The lowest BCUT2D eigenvalue weighted by atomic mass is 9.68. The second kappa shape index (κ2) is 12.1. The number of hydrogen-bond donors (Lipinski definition) is 0. The van der Waals surface area contributed by atoms with E-state index in [1.165, 1.54) is 12.1 Å². The van der Waals surface area contributed by atoms with Gasteiger partial charge < -0.3 is 4.74 Å². The van der Waals surface area contributed by atoms with Crippen molar-refractivity contribution < 1.29 is 13.9 Å². The summed E-state index contributed by atoms with van der Waals surface area (Å²) < 4.78 is 20.3. The molecular formula is C35H33FN2O2. The van der Waals surface area contributed by atoms with Crippen LogP contribution in [0.3, 0.4) is 0 Å². The Morgan fingerprint density at radius 1 is 0.900 bits per heavy atom. The fourth-order valence-corrected chi connectivity index (χ4v) is 5.34. The highest BCUT2D eigenvalue weighted by Crippen LogP contribution is 2.46. The summed E-state index contributed by atoms with van der Waals surface area (Å²) in [5, 5.41) is 6.40. The molecule has 5 heteroatoms. The first-order valence-electron chi connectivity index (χ1n) is 13.6. The Kier molecular flexibility index (Phi) is 8.20. The van der Waals surface area contributed by atoms with E-state index in [1.54, 1.807) is 11.1 Å². The smallest absolute Gasteiger partial charge is 0.253 e. The molecular weight excluding hydrogens is 499 g/mol. The third-order valence-corrected chi connectivity index (χ3v) is 7.38. The van der Waals surface area contributed by atoms with E-state index in [-0.39, 0.29) is 17.6 Å². The summed E-state index contributed by atoms with van der Waals surface area (Å²) in [6.07, 6.45) is 4.42. The van der Waals surface area contributed by atoms with E-state index in [1.807, 2.05) is 105 Å². The number of halogens is 1. The largest absolute Gasteiger partial charge is 0.489 e. The van der Waals surface area contributed by atoms with Gasteiger partial charge in [0, 0.05) is 23.7 Å². The molecule has 0 saturated carbocycles. The lowest BCUT2D eigenvalue weighted by Crippen LogP contribution is -2.49. The highest BCUT2D eigenvalue weighted by Gasteiger charge is 2.48. The number of carbonyl (C=O) groups excluding carboxylic acids is 1. The van der Waals surface area contributed by atoms with Crippen LogP contribution in [0.5, 0.6) is 5.75 Å². The van der Waals surface area contributed by atoms with Crippen molar-refractivity contribution in [2.75, 3.05) is 6.54 Å². The fraction of sp³-hybridized carbons (Fsp3) is 0.200. The van der Waals surface area contributed by atoms with Crippen LogP contribution < -0.4 is 4.74 Å². The van der Waals surface area contributed by atoms with Gasteiger partial charge in [-0.05, 0) is 55.2 Å². The topological polar surface area (TPSA) is 41.9 Å². The average Bonchev–Trinajstić information content (AvgIpc) is 2.98. The van der Waals surface area contributed by atoms with Gasteiger partial charge in [-0.15, -0.1) is 0 Å². The van der Waals surface area contributed by atoms with Crippen molar-refractivity contribution in [1.82, 2.24) is 5.01 Å². The molecule has 4 nitrogen and oxygen atoms in total. The van der Waals surface area contributed by atoms with Crippen LogP contribution >= 0.6 is 0 Å². The van der Waals surface area contributed by atoms with Crippen molar-refractivity contribution in [3.05, 3.63) is 143 Å². The molecule has 0 N–H and O–H groups in total. The van der Waals surface area contributed by atoms with Gasteiger partial charge in [0.25, 0.3) is 5.91 Å². The number of benzene rings is 4. The predicted octanol–water partition coefficient (Wildman–Crippen LogP) is 7.67. The summed E-state index contributed by atoms with van der Waals surface area (Å²) in [6.45, 7) is 4.78. The Labute approximate surface area is 235 Å². The monoisotopic (exact) mass is 532 g/mol. The van der Waals surface area contributed by atoms with E-state index >= 15 is 0 Å². The molecule has 4 aromatic carbocycles. The second-order valence-corrected chi connectivity index (χ2v) is 10.3. The van der Waals surface area contributed by atoms with Gasteiger partial charge in [0.15, 0.2) is 0 Å². The van der Waals surface area contributed by atoms with Crippen LogP contribution in [0, 0.1) is 11.2 Å². The molecule has 1 unspecified atom stereocenters. The highest BCUT2D eigenvalue weighted by atomic mass is 19.1. The zero-order chi connectivity index (χ0) is 28.0. The standard InChI is InChI=1S/C35H33FN2O2/c1-26-33(31-18-9-10-19-32(31)40-25-29-14-7-4-8-15-29)35(2,22-20-28-16-11-17-30(36)24-28)34(39)38(37-26)23-21-27-12-5-3-6-13-27/h3-20,22,24,33H,21,23,25H2,1-2H3/b22-20+/t33?,35-/m0/s1. The minimum atomic E-state index is -0.985. The molecule has 0 aliphatic carbocycles. The van der Waals surface area contributed by atoms with E-state index in [9.17, 15) is 9.18 Å². The molecule has 1 aliphatic heterocycles. The van der Waals surface area contributed by atoms with Gasteiger partial charge in [0.2, 0.25) is 0 Å². The van der Waals surface area contributed by atoms with Crippen LogP contribution in [0.1, 0.15) is 42.0 Å². The Bertz CT molecular complexity index is 1520. The maximum absolute atomic E-state index is 14.2. The molecule has 5 rings (SSSR count). The summed E-state index contributed by atoms with van der Waals surface area (Å²) >= 11 is 0. The van der Waals surface area contributed by atoms with Crippen molar-refractivity contribution in [1.29, 1.82) is 0 Å². The number of nitrogens with zero attached hydrogens (tertiary/aromatic N) is 2. The first kappa shape index (κ1) is 27.1. The molecule has 1 heterocycles. The first-order chi connectivity index (χ1) is 19.4. The van der Waals surface area contributed by atoms with Crippen LogP contribution in [0.15, 0.2) is 120 Å². The van der Waals surface area contributed by atoms with E-state index in [0.717, 1.165) is 22.4 Å². The van der Waals surface area contributed by atoms with E-state index < -0.39 is 5.41 Å². The summed E-state index contributed by atoms with van der Waals surface area (Å²) in [5.74, 6) is -0.0863. The van der Waals surface area contributed by atoms with E-state index in [2.05, 4.69) is 12.1 Å². The van der Waals surface area contributed by atoms with E-state index in [4.69, 9.17) is 9.84 Å². The normalized spacial score (nSPS) is 19.1. The minimum absolute atomic E-state index is 0.107. The molecule has 0 spiro atoms. The minimum Gasteiger partial charge on any atom is -0.489 e. The van der Waals surface area contributed by atoms with Crippen molar-refractivity contribution in [2.24, 2.45) is 10.5 Å². The van der Waals surface area contributed by atoms with Crippen molar-refractivity contribution in [3.63, 3.8) is 0 Å². The maximum Gasteiger partial charge on any atom is 0.253 e. The van der Waals surface area contributed by atoms with Gasteiger partial charge in [-0.2, -0.15) is 5.10 Å². The van der Waals surface area contributed by atoms with Crippen molar-refractivity contribution >= 4 is 17.7 Å².